The highest BCUT2D eigenvalue weighted by Crippen LogP contribution is 2.09. The third kappa shape index (κ3) is 5.59. The normalized spacial score (nSPS) is 13.4. The number of aldehydes is 1. The second-order valence-electron chi connectivity index (χ2n) is 2.78. The first kappa shape index (κ1) is 10.2. The SMILES string of the molecule is CC=C(C)CCC(C)=CC=O. The molecule has 1 nitrogen and oxygen atoms in total. The maximum Gasteiger partial charge on any atom is 0.142 e. The Hall–Kier alpha value is -0.850. The van der Waals surface area contributed by atoms with Gasteiger partial charge in [0.05, 0.1) is 0 Å². The molecule has 0 radical (unpaired) electrons. The molecule has 0 atom stereocenters. The molecule has 0 aliphatic rings. The lowest BCUT2D eigenvalue weighted by Gasteiger charge is -1.99. The zero-order valence-electron chi connectivity index (χ0n) is 7.55. The summed E-state index contributed by atoms with van der Waals surface area (Å²) in [7, 11) is 0. The smallest absolute Gasteiger partial charge is 0.142 e. The van der Waals surface area contributed by atoms with Crippen molar-refractivity contribution in [3.8, 4) is 0 Å². The zero-order chi connectivity index (χ0) is 8.69. The molecule has 0 amide bonds. The minimum absolute atomic E-state index is 0.848. The number of rotatable bonds is 4. The number of carbonyl (C=O) groups is 1. The van der Waals surface area contributed by atoms with Crippen LogP contribution in [0.1, 0.15) is 33.6 Å². The molecule has 0 saturated heterocycles. The van der Waals surface area contributed by atoms with Gasteiger partial charge in [-0.05, 0) is 39.7 Å². The molecule has 0 unspecified atom stereocenters. The largest absolute Gasteiger partial charge is 0.299 e. The van der Waals surface area contributed by atoms with E-state index >= 15 is 0 Å². The topological polar surface area (TPSA) is 17.1 Å². The lowest BCUT2D eigenvalue weighted by atomic mass is 10.1. The number of allylic oxidation sites excluding steroid dienone is 4. The maximum absolute atomic E-state index is 10.0. The molecule has 0 rings (SSSR count). The van der Waals surface area contributed by atoms with Gasteiger partial charge in [-0.1, -0.05) is 17.2 Å². The quantitative estimate of drug-likeness (QED) is 0.344. The van der Waals surface area contributed by atoms with Crippen molar-refractivity contribution in [2.45, 2.75) is 33.6 Å². The summed E-state index contributed by atoms with van der Waals surface area (Å²) in [5.41, 5.74) is 2.53. The van der Waals surface area contributed by atoms with Gasteiger partial charge in [0.25, 0.3) is 0 Å². The third-order valence-corrected chi connectivity index (χ3v) is 1.76. The van der Waals surface area contributed by atoms with Crippen LogP contribution in [0.4, 0.5) is 0 Å². The van der Waals surface area contributed by atoms with Crippen LogP contribution in [0, 0.1) is 0 Å². The molecular formula is C10H16O. The predicted molar refractivity (Wildman–Crippen MR) is 48.5 cm³/mol. The summed E-state index contributed by atoms with van der Waals surface area (Å²) in [5.74, 6) is 0. The Morgan fingerprint density at radius 2 is 1.73 bits per heavy atom. The Kier molecular flexibility index (Phi) is 5.44. The summed E-state index contributed by atoms with van der Waals surface area (Å²) in [6.45, 7) is 6.12. The van der Waals surface area contributed by atoms with Crippen molar-refractivity contribution in [3.05, 3.63) is 23.3 Å². The van der Waals surface area contributed by atoms with Crippen LogP contribution >= 0.6 is 0 Å². The minimum Gasteiger partial charge on any atom is -0.299 e. The van der Waals surface area contributed by atoms with Gasteiger partial charge in [0, 0.05) is 0 Å². The molecule has 0 spiro atoms. The van der Waals surface area contributed by atoms with Gasteiger partial charge in [0.1, 0.15) is 6.29 Å². The van der Waals surface area contributed by atoms with Crippen molar-refractivity contribution < 1.29 is 4.79 Å². The fraction of sp³-hybridized carbons (Fsp3) is 0.500. The molecule has 0 aliphatic carbocycles. The highest BCUT2D eigenvalue weighted by atomic mass is 16.1. The molecule has 0 aromatic heterocycles. The van der Waals surface area contributed by atoms with Gasteiger partial charge in [0.15, 0.2) is 0 Å². The average molecular weight is 152 g/mol. The molecule has 0 fully saturated rings. The summed E-state index contributed by atoms with van der Waals surface area (Å²) in [4.78, 5) is 10.0. The minimum atomic E-state index is 0.848. The van der Waals surface area contributed by atoms with E-state index in [0.29, 0.717) is 0 Å². The molecule has 0 aromatic carbocycles. The molecule has 1 heteroatoms. The van der Waals surface area contributed by atoms with Gasteiger partial charge in [-0.15, -0.1) is 0 Å². The zero-order valence-corrected chi connectivity index (χ0v) is 7.55. The fourth-order valence-corrected chi connectivity index (χ4v) is 0.738. The molecular weight excluding hydrogens is 136 g/mol. The molecule has 62 valence electrons. The van der Waals surface area contributed by atoms with Gasteiger partial charge < -0.3 is 0 Å². The van der Waals surface area contributed by atoms with E-state index in [4.69, 9.17) is 0 Å². The first-order valence-electron chi connectivity index (χ1n) is 3.93. The van der Waals surface area contributed by atoms with Crippen LogP contribution in [0.5, 0.6) is 0 Å². The van der Waals surface area contributed by atoms with Crippen LogP contribution in [0.15, 0.2) is 23.3 Å². The van der Waals surface area contributed by atoms with Crippen LogP contribution in [-0.4, -0.2) is 6.29 Å². The Balaban J connectivity index is 3.70. The van der Waals surface area contributed by atoms with E-state index < -0.39 is 0 Å². The van der Waals surface area contributed by atoms with Crippen molar-refractivity contribution in [2.24, 2.45) is 0 Å². The van der Waals surface area contributed by atoms with Crippen molar-refractivity contribution in [2.75, 3.05) is 0 Å². The summed E-state index contributed by atoms with van der Waals surface area (Å²) in [6.07, 6.45) is 6.64. The molecule has 0 bridgehead atoms. The third-order valence-electron chi connectivity index (χ3n) is 1.76. The second-order valence-corrected chi connectivity index (χ2v) is 2.78. The maximum atomic E-state index is 10.0. The van der Waals surface area contributed by atoms with E-state index in [9.17, 15) is 4.79 Å². The van der Waals surface area contributed by atoms with E-state index in [1.807, 2.05) is 13.8 Å². The molecule has 11 heavy (non-hydrogen) atoms. The van der Waals surface area contributed by atoms with Gasteiger partial charge in [-0.2, -0.15) is 0 Å². The van der Waals surface area contributed by atoms with Crippen LogP contribution in [0.25, 0.3) is 0 Å². The van der Waals surface area contributed by atoms with E-state index in [2.05, 4.69) is 13.0 Å². The van der Waals surface area contributed by atoms with Crippen LogP contribution in [0.3, 0.4) is 0 Å². The molecule has 0 saturated carbocycles. The van der Waals surface area contributed by atoms with Crippen LogP contribution < -0.4 is 0 Å². The Bertz CT molecular complexity index is 175. The first-order valence-corrected chi connectivity index (χ1v) is 3.93. The lowest BCUT2D eigenvalue weighted by Crippen LogP contribution is -1.80. The molecule has 0 N–H and O–H groups in total. The Labute approximate surface area is 68.8 Å². The standard InChI is InChI=1S/C10H16O/c1-4-9(2)5-6-10(3)7-8-11/h4,7-8H,5-6H2,1-3H3. The highest BCUT2D eigenvalue weighted by Gasteiger charge is 1.90. The average Bonchev–Trinajstić information content (AvgIpc) is 2.01. The molecule has 0 aliphatic heterocycles. The number of carbonyl (C=O) groups excluding carboxylic acids is 1. The fourth-order valence-electron chi connectivity index (χ4n) is 0.738. The van der Waals surface area contributed by atoms with Crippen molar-refractivity contribution in [1.82, 2.24) is 0 Å². The van der Waals surface area contributed by atoms with Gasteiger partial charge >= 0.3 is 0 Å². The first-order chi connectivity index (χ1) is 5.20. The Morgan fingerprint density at radius 1 is 1.18 bits per heavy atom. The van der Waals surface area contributed by atoms with E-state index in [1.54, 1.807) is 6.08 Å². The van der Waals surface area contributed by atoms with E-state index in [-0.39, 0.29) is 0 Å². The van der Waals surface area contributed by atoms with E-state index in [0.717, 1.165) is 24.7 Å². The number of hydrogen-bond acceptors (Lipinski definition) is 1. The van der Waals surface area contributed by atoms with Crippen molar-refractivity contribution >= 4 is 6.29 Å². The van der Waals surface area contributed by atoms with Gasteiger partial charge in [0.2, 0.25) is 0 Å². The second kappa shape index (κ2) is 5.90. The lowest BCUT2D eigenvalue weighted by molar-refractivity contribution is -0.104. The van der Waals surface area contributed by atoms with Gasteiger partial charge in [-0.3, -0.25) is 4.79 Å². The van der Waals surface area contributed by atoms with Crippen LogP contribution in [-0.2, 0) is 4.79 Å². The predicted octanol–water partition coefficient (Wildman–Crippen LogP) is 2.88. The summed E-state index contributed by atoms with van der Waals surface area (Å²) in [6, 6.07) is 0. The monoisotopic (exact) mass is 152 g/mol. The van der Waals surface area contributed by atoms with Crippen molar-refractivity contribution in [3.63, 3.8) is 0 Å². The highest BCUT2D eigenvalue weighted by molar-refractivity contribution is 5.65. The van der Waals surface area contributed by atoms with Gasteiger partial charge in [-0.25, -0.2) is 0 Å². The number of hydrogen-bond donors (Lipinski definition) is 0. The van der Waals surface area contributed by atoms with E-state index in [1.165, 1.54) is 5.57 Å². The molecule has 0 aromatic rings. The Morgan fingerprint density at radius 3 is 2.18 bits per heavy atom. The van der Waals surface area contributed by atoms with Crippen molar-refractivity contribution in [1.29, 1.82) is 0 Å². The summed E-state index contributed by atoms with van der Waals surface area (Å²) < 4.78 is 0. The summed E-state index contributed by atoms with van der Waals surface area (Å²) in [5, 5.41) is 0. The summed E-state index contributed by atoms with van der Waals surface area (Å²) >= 11 is 0. The molecule has 0 heterocycles. The van der Waals surface area contributed by atoms with Crippen LogP contribution in [0.2, 0.25) is 0 Å².